The molecule has 0 fully saturated rings. The van der Waals surface area contributed by atoms with Crippen molar-refractivity contribution >= 4 is 34.5 Å². The number of nitrogens with two attached hydrogens (primary N) is 1. The molecular formula is C11H10Cl2N2S. The van der Waals surface area contributed by atoms with Crippen LogP contribution in [0.2, 0.25) is 10.0 Å². The molecule has 84 valence electrons. The number of halogens is 2. The SMILES string of the molecule is NC(Cc1nccs1)c1cccc(Cl)c1Cl. The van der Waals surface area contributed by atoms with Gasteiger partial charge in [0.25, 0.3) is 0 Å². The molecule has 1 atom stereocenters. The largest absolute Gasteiger partial charge is 0.324 e. The van der Waals surface area contributed by atoms with Crippen LogP contribution in [0, 0.1) is 0 Å². The molecule has 1 aromatic heterocycles. The van der Waals surface area contributed by atoms with Crippen LogP contribution in [0.3, 0.4) is 0 Å². The van der Waals surface area contributed by atoms with E-state index >= 15 is 0 Å². The summed E-state index contributed by atoms with van der Waals surface area (Å²) in [4.78, 5) is 4.20. The minimum atomic E-state index is -0.169. The Bertz CT molecular complexity index is 471. The third kappa shape index (κ3) is 2.55. The van der Waals surface area contributed by atoms with Crippen molar-refractivity contribution in [2.45, 2.75) is 12.5 Å². The zero-order valence-electron chi connectivity index (χ0n) is 8.36. The highest BCUT2D eigenvalue weighted by molar-refractivity contribution is 7.09. The van der Waals surface area contributed by atoms with Crippen molar-refractivity contribution in [3.63, 3.8) is 0 Å². The molecule has 5 heteroatoms. The zero-order valence-corrected chi connectivity index (χ0v) is 10.7. The van der Waals surface area contributed by atoms with Crippen LogP contribution < -0.4 is 5.73 Å². The maximum absolute atomic E-state index is 6.10. The molecule has 0 radical (unpaired) electrons. The summed E-state index contributed by atoms with van der Waals surface area (Å²) in [5, 5.41) is 4.01. The van der Waals surface area contributed by atoms with Gasteiger partial charge in [-0.2, -0.15) is 0 Å². The maximum atomic E-state index is 6.10. The Kier molecular flexibility index (Phi) is 3.82. The molecule has 1 aromatic carbocycles. The number of nitrogens with zero attached hydrogens (tertiary/aromatic N) is 1. The minimum Gasteiger partial charge on any atom is -0.324 e. The van der Waals surface area contributed by atoms with Crippen molar-refractivity contribution in [1.29, 1.82) is 0 Å². The highest BCUT2D eigenvalue weighted by Crippen LogP contribution is 2.30. The van der Waals surface area contributed by atoms with Crippen molar-refractivity contribution in [2.24, 2.45) is 5.73 Å². The van der Waals surface area contributed by atoms with Gasteiger partial charge in [-0.25, -0.2) is 4.98 Å². The molecule has 2 nitrogen and oxygen atoms in total. The monoisotopic (exact) mass is 272 g/mol. The maximum Gasteiger partial charge on any atom is 0.0943 e. The van der Waals surface area contributed by atoms with Gasteiger partial charge in [0.05, 0.1) is 15.1 Å². The molecule has 0 aliphatic heterocycles. The first-order chi connectivity index (χ1) is 7.68. The van der Waals surface area contributed by atoms with Crippen LogP contribution in [0.25, 0.3) is 0 Å². The number of benzene rings is 1. The highest BCUT2D eigenvalue weighted by atomic mass is 35.5. The van der Waals surface area contributed by atoms with Crippen LogP contribution in [-0.2, 0) is 6.42 Å². The average molecular weight is 273 g/mol. The predicted octanol–water partition coefficient (Wildman–Crippen LogP) is 3.69. The molecule has 1 unspecified atom stereocenters. The summed E-state index contributed by atoms with van der Waals surface area (Å²) >= 11 is 13.6. The molecule has 0 saturated heterocycles. The van der Waals surface area contributed by atoms with Gasteiger partial charge in [0.15, 0.2) is 0 Å². The van der Waals surface area contributed by atoms with Gasteiger partial charge in [-0.05, 0) is 11.6 Å². The van der Waals surface area contributed by atoms with Crippen molar-refractivity contribution in [3.05, 3.63) is 50.4 Å². The number of hydrogen-bond acceptors (Lipinski definition) is 3. The second kappa shape index (κ2) is 5.15. The summed E-state index contributed by atoms with van der Waals surface area (Å²) in [7, 11) is 0. The first kappa shape index (κ1) is 11.9. The van der Waals surface area contributed by atoms with Crippen molar-refractivity contribution < 1.29 is 0 Å². The summed E-state index contributed by atoms with van der Waals surface area (Å²) in [6, 6.07) is 5.33. The van der Waals surface area contributed by atoms with Gasteiger partial charge in [0, 0.05) is 24.0 Å². The molecule has 0 aliphatic carbocycles. The molecule has 0 amide bonds. The number of rotatable bonds is 3. The van der Waals surface area contributed by atoms with E-state index in [0.717, 1.165) is 10.6 Å². The molecule has 0 spiro atoms. The summed E-state index contributed by atoms with van der Waals surface area (Å²) in [6.45, 7) is 0. The standard InChI is InChI=1S/C11H10Cl2N2S/c12-8-3-1-2-7(11(8)13)9(14)6-10-15-4-5-16-10/h1-5,9H,6,14H2. The van der Waals surface area contributed by atoms with E-state index < -0.39 is 0 Å². The van der Waals surface area contributed by atoms with Gasteiger partial charge in [-0.15, -0.1) is 11.3 Å². The number of aromatic nitrogens is 1. The number of thiazole rings is 1. The smallest absolute Gasteiger partial charge is 0.0943 e. The summed E-state index contributed by atoms with van der Waals surface area (Å²) in [5.41, 5.74) is 6.94. The Morgan fingerprint density at radius 1 is 1.38 bits per heavy atom. The van der Waals surface area contributed by atoms with Crippen molar-refractivity contribution in [3.8, 4) is 0 Å². The van der Waals surface area contributed by atoms with Gasteiger partial charge < -0.3 is 5.73 Å². The molecular weight excluding hydrogens is 263 g/mol. The third-order valence-electron chi connectivity index (χ3n) is 2.26. The van der Waals surface area contributed by atoms with Crippen LogP contribution in [-0.4, -0.2) is 4.98 Å². The fraction of sp³-hybridized carbons (Fsp3) is 0.182. The van der Waals surface area contributed by atoms with E-state index in [1.54, 1.807) is 23.6 Å². The fourth-order valence-corrected chi connectivity index (χ4v) is 2.58. The lowest BCUT2D eigenvalue weighted by Crippen LogP contribution is -2.13. The lowest BCUT2D eigenvalue weighted by Gasteiger charge is -2.12. The topological polar surface area (TPSA) is 38.9 Å². The van der Waals surface area contributed by atoms with Crippen LogP contribution in [0.4, 0.5) is 0 Å². The second-order valence-corrected chi connectivity index (χ2v) is 5.14. The Morgan fingerprint density at radius 3 is 2.88 bits per heavy atom. The van der Waals surface area contributed by atoms with E-state index in [1.165, 1.54) is 0 Å². The molecule has 1 heterocycles. The number of hydrogen-bond donors (Lipinski definition) is 1. The van der Waals surface area contributed by atoms with Crippen LogP contribution in [0.15, 0.2) is 29.8 Å². The lowest BCUT2D eigenvalue weighted by atomic mass is 10.1. The van der Waals surface area contributed by atoms with Crippen molar-refractivity contribution in [1.82, 2.24) is 4.98 Å². The van der Waals surface area contributed by atoms with Crippen LogP contribution in [0.1, 0.15) is 16.6 Å². The van der Waals surface area contributed by atoms with E-state index in [-0.39, 0.29) is 6.04 Å². The summed E-state index contributed by atoms with van der Waals surface area (Å²) in [6.07, 6.45) is 2.45. The molecule has 0 bridgehead atoms. The van der Waals surface area contributed by atoms with E-state index in [4.69, 9.17) is 28.9 Å². The van der Waals surface area contributed by atoms with Gasteiger partial charge in [0.2, 0.25) is 0 Å². The van der Waals surface area contributed by atoms with Gasteiger partial charge in [-0.3, -0.25) is 0 Å². The van der Waals surface area contributed by atoms with E-state index in [0.29, 0.717) is 16.5 Å². The van der Waals surface area contributed by atoms with Crippen LogP contribution in [0.5, 0.6) is 0 Å². The van der Waals surface area contributed by atoms with Crippen LogP contribution >= 0.6 is 34.5 Å². The predicted molar refractivity (Wildman–Crippen MR) is 69.2 cm³/mol. The summed E-state index contributed by atoms with van der Waals surface area (Å²) < 4.78 is 0. The first-order valence-corrected chi connectivity index (χ1v) is 6.40. The molecule has 2 N–H and O–H groups in total. The van der Waals surface area contributed by atoms with Crippen molar-refractivity contribution in [2.75, 3.05) is 0 Å². The average Bonchev–Trinajstić information content (AvgIpc) is 2.74. The third-order valence-corrected chi connectivity index (χ3v) is 3.89. The molecule has 0 saturated carbocycles. The summed E-state index contributed by atoms with van der Waals surface area (Å²) in [5.74, 6) is 0. The van der Waals surface area contributed by atoms with E-state index in [2.05, 4.69) is 4.98 Å². The Hall–Kier alpha value is -0.610. The van der Waals surface area contributed by atoms with Gasteiger partial charge in [-0.1, -0.05) is 35.3 Å². The Balaban J connectivity index is 2.21. The molecule has 2 rings (SSSR count). The fourth-order valence-electron chi connectivity index (χ4n) is 1.46. The first-order valence-electron chi connectivity index (χ1n) is 4.76. The van der Waals surface area contributed by atoms with Gasteiger partial charge >= 0.3 is 0 Å². The Labute approximate surface area is 108 Å². The zero-order chi connectivity index (χ0) is 11.5. The normalized spacial score (nSPS) is 12.7. The quantitative estimate of drug-likeness (QED) is 0.926. The molecule has 0 aliphatic rings. The van der Waals surface area contributed by atoms with E-state index in [9.17, 15) is 0 Å². The molecule has 16 heavy (non-hydrogen) atoms. The highest BCUT2D eigenvalue weighted by Gasteiger charge is 2.13. The minimum absolute atomic E-state index is 0.169. The Morgan fingerprint density at radius 2 is 2.19 bits per heavy atom. The van der Waals surface area contributed by atoms with Gasteiger partial charge in [0.1, 0.15) is 0 Å². The second-order valence-electron chi connectivity index (χ2n) is 3.38. The lowest BCUT2D eigenvalue weighted by molar-refractivity contribution is 0.718. The molecule has 2 aromatic rings. The van der Waals surface area contributed by atoms with E-state index in [1.807, 2.05) is 17.5 Å².